The second-order valence-electron chi connectivity index (χ2n) is 3.41. The van der Waals surface area contributed by atoms with E-state index in [1.54, 1.807) is 12.4 Å². The van der Waals surface area contributed by atoms with Gasteiger partial charge in [0.15, 0.2) is 0 Å². The van der Waals surface area contributed by atoms with Gasteiger partial charge < -0.3 is 5.73 Å². The lowest BCUT2D eigenvalue weighted by Gasteiger charge is -2.04. The molecule has 1 aromatic heterocycles. The molecule has 0 aliphatic heterocycles. The second-order valence-corrected chi connectivity index (χ2v) is 3.85. The lowest BCUT2D eigenvalue weighted by molar-refractivity contribution is 1.26. The van der Waals surface area contributed by atoms with Crippen molar-refractivity contribution < 1.29 is 0 Å². The van der Waals surface area contributed by atoms with Gasteiger partial charge in [0, 0.05) is 23.6 Å². The minimum Gasteiger partial charge on any atom is -0.398 e. The van der Waals surface area contributed by atoms with Gasteiger partial charge in [-0.15, -0.1) is 0 Å². The Bertz CT molecular complexity index is 523. The lowest BCUT2D eigenvalue weighted by Crippen LogP contribution is -1.93. The van der Waals surface area contributed by atoms with Crippen LogP contribution in [0.4, 0.5) is 5.69 Å². The zero-order valence-electron chi connectivity index (χ0n) is 8.80. The van der Waals surface area contributed by atoms with Gasteiger partial charge in [0.2, 0.25) is 0 Å². The first-order valence-corrected chi connectivity index (χ1v) is 5.73. The van der Waals surface area contributed by atoms with E-state index in [4.69, 9.17) is 5.73 Å². The van der Waals surface area contributed by atoms with Gasteiger partial charge in [-0.25, -0.2) is 0 Å². The fraction of sp³-hybridized carbons (Fsp3) is 0.167. The SMILES string of the molecule is Nc1ccc2nccnc2c1C=CCCS. The molecule has 4 heteroatoms. The predicted octanol–water partition coefficient (Wildman–Crippen LogP) is 2.55. The Balaban J connectivity index is 2.52. The van der Waals surface area contributed by atoms with E-state index in [2.05, 4.69) is 22.6 Å². The Kier molecular flexibility index (Phi) is 3.41. The number of hydrogen-bond acceptors (Lipinski definition) is 4. The number of allylic oxidation sites excluding steroid dienone is 1. The van der Waals surface area contributed by atoms with Crippen molar-refractivity contribution in [1.29, 1.82) is 0 Å². The number of aromatic nitrogens is 2. The molecular formula is C12H13N3S. The first-order chi connectivity index (χ1) is 7.83. The van der Waals surface area contributed by atoms with Crippen molar-refractivity contribution >= 4 is 35.4 Å². The number of benzene rings is 1. The maximum Gasteiger partial charge on any atom is 0.0979 e. The molecule has 0 atom stereocenters. The molecule has 0 unspecified atom stereocenters. The third-order valence-electron chi connectivity index (χ3n) is 2.29. The highest BCUT2D eigenvalue weighted by atomic mass is 32.1. The van der Waals surface area contributed by atoms with E-state index in [1.807, 2.05) is 24.3 Å². The maximum absolute atomic E-state index is 5.93. The van der Waals surface area contributed by atoms with Gasteiger partial charge >= 0.3 is 0 Å². The Morgan fingerprint density at radius 2 is 2.06 bits per heavy atom. The molecule has 2 N–H and O–H groups in total. The molecule has 2 aromatic rings. The number of nitrogens with zero attached hydrogens (tertiary/aromatic N) is 2. The van der Waals surface area contributed by atoms with E-state index in [1.165, 1.54) is 0 Å². The third-order valence-corrected chi connectivity index (χ3v) is 2.55. The Hall–Kier alpha value is -1.55. The van der Waals surface area contributed by atoms with Crippen LogP contribution in [-0.4, -0.2) is 15.7 Å². The summed E-state index contributed by atoms with van der Waals surface area (Å²) in [5, 5.41) is 0. The molecule has 1 heterocycles. The standard InChI is InChI=1S/C12H13N3S/c13-10-4-5-11-12(15-7-6-14-11)9(10)3-1-2-8-16/h1,3-7,16H,2,8,13H2. The van der Waals surface area contributed by atoms with E-state index >= 15 is 0 Å². The summed E-state index contributed by atoms with van der Waals surface area (Å²) in [6.07, 6.45) is 8.31. The number of hydrogen-bond donors (Lipinski definition) is 2. The number of nitrogens with two attached hydrogens (primary N) is 1. The minimum atomic E-state index is 0.725. The molecule has 1 aromatic carbocycles. The van der Waals surface area contributed by atoms with Gasteiger partial charge in [-0.2, -0.15) is 12.6 Å². The van der Waals surface area contributed by atoms with Gasteiger partial charge in [0.25, 0.3) is 0 Å². The minimum absolute atomic E-state index is 0.725. The molecule has 3 nitrogen and oxygen atoms in total. The average Bonchev–Trinajstić information content (AvgIpc) is 2.32. The molecule has 0 aliphatic rings. The van der Waals surface area contributed by atoms with Crippen LogP contribution in [0, 0.1) is 0 Å². The predicted molar refractivity (Wildman–Crippen MR) is 71.5 cm³/mol. The average molecular weight is 231 g/mol. The highest BCUT2D eigenvalue weighted by Gasteiger charge is 2.03. The molecule has 0 saturated carbocycles. The summed E-state index contributed by atoms with van der Waals surface area (Å²) >= 11 is 4.16. The number of rotatable bonds is 3. The van der Waals surface area contributed by atoms with Crippen molar-refractivity contribution in [2.75, 3.05) is 11.5 Å². The van der Waals surface area contributed by atoms with Gasteiger partial charge in [0.05, 0.1) is 11.0 Å². The second kappa shape index (κ2) is 4.99. The zero-order chi connectivity index (χ0) is 11.4. The van der Waals surface area contributed by atoms with Gasteiger partial charge in [-0.05, 0) is 24.3 Å². The van der Waals surface area contributed by atoms with Crippen molar-refractivity contribution in [3.63, 3.8) is 0 Å². The number of thiol groups is 1. The van der Waals surface area contributed by atoms with Crippen LogP contribution < -0.4 is 5.73 Å². The van der Waals surface area contributed by atoms with Crippen molar-refractivity contribution in [1.82, 2.24) is 9.97 Å². The van der Waals surface area contributed by atoms with E-state index in [-0.39, 0.29) is 0 Å². The van der Waals surface area contributed by atoms with Crippen LogP contribution in [0.2, 0.25) is 0 Å². The normalized spacial score (nSPS) is 11.3. The van der Waals surface area contributed by atoms with E-state index in [9.17, 15) is 0 Å². The Labute approximate surface area is 99.8 Å². The summed E-state index contributed by atoms with van der Waals surface area (Å²) < 4.78 is 0. The molecule has 2 rings (SSSR count). The summed E-state index contributed by atoms with van der Waals surface area (Å²) in [7, 11) is 0. The van der Waals surface area contributed by atoms with Crippen LogP contribution in [-0.2, 0) is 0 Å². The quantitative estimate of drug-likeness (QED) is 0.630. The summed E-state index contributed by atoms with van der Waals surface area (Å²) in [5.74, 6) is 0.826. The van der Waals surface area contributed by atoms with Crippen LogP contribution in [0.1, 0.15) is 12.0 Å². The zero-order valence-corrected chi connectivity index (χ0v) is 9.69. The Morgan fingerprint density at radius 3 is 2.88 bits per heavy atom. The first kappa shape index (κ1) is 11.0. The van der Waals surface area contributed by atoms with E-state index in [0.717, 1.165) is 34.5 Å². The van der Waals surface area contributed by atoms with E-state index < -0.39 is 0 Å². The topological polar surface area (TPSA) is 51.8 Å². The molecule has 0 amide bonds. The third kappa shape index (κ3) is 2.17. The smallest absolute Gasteiger partial charge is 0.0979 e. The van der Waals surface area contributed by atoms with Gasteiger partial charge in [-0.3, -0.25) is 9.97 Å². The largest absolute Gasteiger partial charge is 0.398 e. The van der Waals surface area contributed by atoms with Crippen molar-refractivity contribution in [2.45, 2.75) is 6.42 Å². The Morgan fingerprint density at radius 1 is 1.25 bits per heavy atom. The summed E-state index contributed by atoms with van der Waals surface area (Å²) in [5.41, 5.74) is 9.30. The highest BCUT2D eigenvalue weighted by molar-refractivity contribution is 7.80. The molecule has 0 fully saturated rings. The molecule has 0 spiro atoms. The fourth-order valence-corrected chi connectivity index (χ4v) is 1.67. The van der Waals surface area contributed by atoms with Crippen LogP contribution in [0.5, 0.6) is 0 Å². The number of fused-ring (bicyclic) bond motifs is 1. The summed E-state index contributed by atoms with van der Waals surface area (Å²) in [4.78, 5) is 8.55. The molecular weight excluding hydrogens is 218 g/mol. The monoisotopic (exact) mass is 231 g/mol. The molecule has 0 radical (unpaired) electrons. The first-order valence-electron chi connectivity index (χ1n) is 5.09. The van der Waals surface area contributed by atoms with Crippen molar-refractivity contribution in [3.05, 3.63) is 36.2 Å². The van der Waals surface area contributed by atoms with Crippen LogP contribution in [0.25, 0.3) is 17.1 Å². The maximum atomic E-state index is 5.93. The van der Waals surface area contributed by atoms with Crippen molar-refractivity contribution in [3.8, 4) is 0 Å². The highest BCUT2D eigenvalue weighted by Crippen LogP contribution is 2.22. The molecule has 0 aliphatic carbocycles. The van der Waals surface area contributed by atoms with E-state index in [0.29, 0.717) is 0 Å². The number of nitrogen functional groups attached to an aromatic ring is 1. The summed E-state index contributed by atoms with van der Waals surface area (Å²) in [6, 6.07) is 3.74. The van der Waals surface area contributed by atoms with Gasteiger partial charge in [0.1, 0.15) is 0 Å². The summed E-state index contributed by atoms with van der Waals surface area (Å²) in [6.45, 7) is 0. The lowest BCUT2D eigenvalue weighted by atomic mass is 10.1. The van der Waals surface area contributed by atoms with Gasteiger partial charge in [-0.1, -0.05) is 12.2 Å². The fourth-order valence-electron chi connectivity index (χ4n) is 1.52. The molecule has 16 heavy (non-hydrogen) atoms. The molecule has 0 bridgehead atoms. The molecule has 0 saturated heterocycles. The van der Waals surface area contributed by atoms with Crippen molar-refractivity contribution in [2.24, 2.45) is 0 Å². The van der Waals surface area contributed by atoms with Crippen LogP contribution in [0.3, 0.4) is 0 Å². The number of anilines is 1. The molecule has 82 valence electrons. The van der Waals surface area contributed by atoms with Crippen LogP contribution in [0.15, 0.2) is 30.6 Å². The van der Waals surface area contributed by atoms with Crippen LogP contribution >= 0.6 is 12.6 Å².